The van der Waals surface area contributed by atoms with Gasteiger partial charge in [-0.1, -0.05) is 0 Å². The van der Waals surface area contributed by atoms with Crippen molar-refractivity contribution in [2.24, 2.45) is 0 Å². The van der Waals surface area contributed by atoms with Crippen LogP contribution in [0.5, 0.6) is 0 Å². The number of rotatable bonds is 5. The molecule has 6 heteroatoms. The predicted molar refractivity (Wildman–Crippen MR) is 41.9 cm³/mol. The molecule has 13 heavy (non-hydrogen) atoms. The largest absolute Gasteiger partial charge is 0.396 e. The molecule has 0 aliphatic rings. The van der Waals surface area contributed by atoms with Crippen LogP contribution in [0.4, 0.5) is 0 Å². The average Bonchev–Trinajstić information content (AvgIpc) is 1.98. The van der Waals surface area contributed by atoms with E-state index in [0.717, 1.165) is 5.23 Å². The molecule has 0 heterocycles. The molecule has 0 atom stereocenters. The van der Waals surface area contributed by atoms with Gasteiger partial charge in [-0.25, -0.2) is 0 Å². The van der Waals surface area contributed by atoms with Crippen molar-refractivity contribution in [2.75, 3.05) is 13.2 Å². The number of carbonyl (C=O) groups is 2. The van der Waals surface area contributed by atoms with Crippen LogP contribution in [0.1, 0.15) is 20.3 Å². The maximum Gasteiger partial charge on any atom is 0.326 e. The lowest BCUT2D eigenvalue weighted by Crippen LogP contribution is -2.30. The smallest absolute Gasteiger partial charge is 0.326 e. The number of hydrogen-bond acceptors (Lipinski definition) is 6. The summed E-state index contributed by atoms with van der Waals surface area (Å²) in [5, 5.41) is 9.23. The van der Waals surface area contributed by atoms with Crippen molar-refractivity contribution >= 4 is 11.9 Å². The van der Waals surface area contributed by atoms with Crippen molar-refractivity contribution in [3.8, 4) is 0 Å². The molecular weight excluding hydrogens is 178 g/mol. The lowest BCUT2D eigenvalue weighted by atomic mass is 10.5. The molecule has 0 saturated heterocycles. The van der Waals surface area contributed by atoms with Gasteiger partial charge in [-0.3, -0.25) is 9.59 Å². The van der Waals surface area contributed by atoms with Gasteiger partial charge in [0.1, 0.15) is 0 Å². The molecular formula is C7H13NO5. The third-order valence-electron chi connectivity index (χ3n) is 0.960. The van der Waals surface area contributed by atoms with Crippen LogP contribution >= 0.6 is 0 Å². The number of nitrogens with zero attached hydrogens (tertiary/aromatic N) is 1. The summed E-state index contributed by atoms with van der Waals surface area (Å²) in [7, 11) is 0. The van der Waals surface area contributed by atoms with Crippen LogP contribution in [0.25, 0.3) is 0 Å². The first-order valence-corrected chi connectivity index (χ1v) is 3.81. The van der Waals surface area contributed by atoms with E-state index in [0.29, 0.717) is 6.42 Å². The summed E-state index contributed by atoms with van der Waals surface area (Å²) < 4.78 is 0. The zero-order valence-electron chi connectivity index (χ0n) is 7.65. The van der Waals surface area contributed by atoms with Crippen molar-refractivity contribution in [2.45, 2.75) is 20.3 Å². The van der Waals surface area contributed by atoms with Crippen LogP contribution in [0.3, 0.4) is 0 Å². The van der Waals surface area contributed by atoms with E-state index in [4.69, 9.17) is 5.11 Å². The normalized spacial score (nSPS) is 9.85. The number of hydroxylamine groups is 2. The highest BCUT2D eigenvalue weighted by Gasteiger charge is 2.11. The molecule has 6 nitrogen and oxygen atoms in total. The van der Waals surface area contributed by atoms with Crippen molar-refractivity contribution in [3.63, 3.8) is 0 Å². The Morgan fingerprint density at radius 3 is 2.00 bits per heavy atom. The van der Waals surface area contributed by atoms with Crippen molar-refractivity contribution in [1.82, 2.24) is 5.23 Å². The van der Waals surface area contributed by atoms with E-state index in [-0.39, 0.29) is 13.2 Å². The Hall–Kier alpha value is -1.14. The molecule has 76 valence electrons. The second kappa shape index (κ2) is 6.38. The molecule has 0 radical (unpaired) electrons. The molecule has 0 bridgehead atoms. The Morgan fingerprint density at radius 2 is 1.69 bits per heavy atom. The number of aliphatic hydroxyl groups excluding tert-OH is 1. The van der Waals surface area contributed by atoms with Gasteiger partial charge < -0.3 is 14.8 Å². The van der Waals surface area contributed by atoms with Crippen LogP contribution in [0, 0.1) is 0 Å². The second-order valence-corrected chi connectivity index (χ2v) is 2.30. The van der Waals surface area contributed by atoms with E-state index < -0.39 is 11.9 Å². The standard InChI is InChI=1S/C7H13NO5/c1-6(10)12-8(4-3-5-9)13-7(2)11/h9H,3-5H2,1-2H3. The average molecular weight is 191 g/mol. The van der Waals surface area contributed by atoms with Crippen LogP contribution < -0.4 is 0 Å². The second-order valence-electron chi connectivity index (χ2n) is 2.30. The molecule has 0 fully saturated rings. The maximum absolute atomic E-state index is 10.5. The van der Waals surface area contributed by atoms with Crippen LogP contribution in [0.15, 0.2) is 0 Å². The molecule has 0 unspecified atom stereocenters. The number of carbonyl (C=O) groups excluding carboxylic acids is 2. The van der Waals surface area contributed by atoms with Gasteiger partial charge in [0.25, 0.3) is 0 Å². The van der Waals surface area contributed by atoms with Crippen molar-refractivity contribution in [3.05, 3.63) is 0 Å². The third-order valence-corrected chi connectivity index (χ3v) is 0.960. The first kappa shape index (κ1) is 11.9. The highest BCUT2D eigenvalue weighted by Crippen LogP contribution is 1.96. The quantitative estimate of drug-likeness (QED) is 0.597. The topological polar surface area (TPSA) is 76.1 Å². The SMILES string of the molecule is CC(=O)ON(CCCO)OC(C)=O. The van der Waals surface area contributed by atoms with E-state index in [1.54, 1.807) is 0 Å². The van der Waals surface area contributed by atoms with Crippen LogP contribution in [-0.4, -0.2) is 35.4 Å². The first-order chi connectivity index (χ1) is 6.06. The fourth-order valence-corrected chi connectivity index (χ4v) is 0.596. The van der Waals surface area contributed by atoms with Gasteiger partial charge in [0, 0.05) is 25.7 Å². The van der Waals surface area contributed by atoms with Gasteiger partial charge in [0.15, 0.2) is 0 Å². The maximum atomic E-state index is 10.5. The Balaban J connectivity index is 3.87. The van der Waals surface area contributed by atoms with E-state index in [2.05, 4.69) is 9.68 Å². The highest BCUT2D eigenvalue weighted by molar-refractivity contribution is 5.67. The van der Waals surface area contributed by atoms with E-state index in [1.165, 1.54) is 13.8 Å². The van der Waals surface area contributed by atoms with E-state index >= 15 is 0 Å². The summed E-state index contributed by atoms with van der Waals surface area (Å²) in [6, 6.07) is 0. The van der Waals surface area contributed by atoms with E-state index in [1.807, 2.05) is 0 Å². The molecule has 0 amide bonds. The zero-order chi connectivity index (χ0) is 10.3. The summed E-state index contributed by atoms with van der Waals surface area (Å²) in [6.45, 7) is 2.46. The van der Waals surface area contributed by atoms with Gasteiger partial charge in [-0.2, -0.15) is 0 Å². The molecule has 0 aromatic rings. The van der Waals surface area contributed by atoms with Gasteiger partial charge in [-0.05, 0) is 6.42 Å². The molecule has 1 N–H and O–H groups in total. The van der Waals surface area contributed by atoms with Crippen molar-refractivity contribution in [1.29, 1.82) is 0 Å². The van der Waals surface area contributed by atoms with E-state index in [9.17, 15) is 9.59 Å². The molecule has 0 aromatic heterocycles. The van der Waals surface area contributed by atoms with Gasteiger partial charge >= 0.3 is 11.9 Å². The Kier molecular flexibility index (Phi) is 5.82. The van der Waals surface area contributed by atoms with Gasteiger partial charge in [0.2, 0.25) is 0 Å². The highest BCUT2D eigenvalue weighted by atomic mass is 17.0. The minimum atomic E-state index is -0.584. The molecule has 0 aromatic carbocycles. The first-order valence-electron chi connectivity index (χ1n) is 3.81. The fourth-order valence-electron chi connectivity index (χ4n) is 0.596. The molecule has 0 aliphatic carbocycles. The molecule has 0 rings (SSSR count). The molecule has 0 aliphatic heterocycles. The monoisotopic (exact) mass is 191 g/mol. The minimum Gasteiger partial charge on any atom is -0.396 e. The minimum absolute atomic E-state index is 0.0704. The number of aliphatic hydroxyl groups is 1. The Labute approximate surface area is 75.9 Å². The summed E-state index contributed by atoms with van der Waals surface area (Å²) in [5.41, 5.74) is 0. The van der Waals surface area contributed by atoms with Gasteiger partial charge in [-0.15, -0.1) is 0 Å². The summed E-state index contributed by atoms with van der Waals surface area (Å²) >= 11 is 0. The lowest BCUT2D eigenvalue weighted by molar-refractivity contribution is -0.323. The van der Waals surface area contributed by atoms with Crippen molar-refractivity contribution < 1.29 is 24.4 Å². The number of hydrogen-bond donors (Lipinski definition) is 1. The Morgan fingerprint density at radius 1 is 1.23 bits per heavy atom. The summed E-state index contributed by atoms with van der Waals surface area (Å²) in [4.78, 5) is 30.0. The summed E-state index contributed by atoms with van der Waals surface area (Å²) in [5.74, 6) is -1.17. The zero-order valence-corrected chi connectivity index (χ0v) is 7.65. The molecule has 0 saturated carbocycles. The summed E-state index contributed by atoms with van der Waals surface area (Å²) in [6.07, 6.45) is 0.348. The van der Waals surface area contributed by atoms with Gasteiger partial charge in [0.05, 0.1) is 6.54 Å². The van der Waals surface area contributed by atoms with Crippen LogP contribution in [-0.2, 0) is 19.3 Å². The fraction of sp³-hybridized carbons (Fsp3) is 0.714. The lowest BCUT2D eigenvalue weighted by Gasteiger charge is -2.16. The molecule has 0 spiro atoms. The predicted octanol–water partition coefficient (Wildman–Crippen LogP) is -0.373. The van der Waals surface area contributed by atoms with Crippen LogP contribution in [0.2, 0.25) is 0 Å². The Bertz CT molecular complexity index is 166. The third kappa shape index (κ3) is 7.23.